The number of ether oxygens (including phenoxy) is 1. The van der Waals surface area contributed by atoms with E-state index in [9.17, 15) is 4.79 Å². The van der Waals surface area contributed by atoms with E-state index in [1.54, 1.807) is 0 Å². The molecule has 0 unspecified atom stereocenters. The molecule has 0 radical (unpaired) electrons. The lowest BCUT2D eigenvalue weighted by molar-refractivity contribution is -0.140. The molecule has 7 nitrogen and oxygen atoms in total. The molecule has 0 saturated carbocycles. The monoisotopic (exact) mass is 347 g/mol. The van der Waals surface area contributed by atoms with Crippen molar-refractivity contribution in [3.8, 4) is 0 Å². The predicted octanol–water partition coefficient (Wildman–Crippen LogP) is 0.590. The SMILES string of the molecule is O=C([C@@H]1CCCO1)N1CCCN(Cc2cc3n(n2)CCCNC3)CC1. The summed E-state index contributed by atoms with van der Waals surface area (Å²) in [4.78, 5) is 17.0. The number of nitrogens with zero attached hydrogens (tertiary/aromatic N) is 4. The molecule has 0 spiro atoms. The second-order valence-electron chi connectivity index (χ2n) is 7.34. The molecule has 0 aliphatic carbocycles. The normalized spacial score (nSPS) is 25.4. The summed E-state index contributed by atoms with van der Waals surface area (Å²) in [5.41, 5.74) is 2.44. The smallest absolute Gasteiger partial charge is 0.251 e. The molecule has 1 amide bonds. The molecule has 1 atom stereocenters. The maximum absolute atomic E-state index is 12.5. The number of amides is 1. The first-order chi connectivity index (χ1) is 12.3. The van der Waals surface area contributed by atoms with E-state index in [1.165, 1.54) is 5.69 Å². The maximum atomic E-state index is 12.5. The van der Waals surface area contributed by atoms with E-state index < -0.39 is 0 Å². The Kier molecular flexibility index (Phi) is 5.33. The van der Waals surface area contributed by atoms with Crippen LogP contribution in [-0.4, -0.2) is 70.9 Å². The number of hydrogen-bond acceptors (Lipinski definition) is 5. The lowest BCUT2D eigenvalue weighted by atomic mass is 10.2. The van der Waals surface area contributed by atoms with Crippen molar-refractivity contribution < 1.29 is 9.53 Å². The van der Waals surface area contributed by atoms with Crippen molar-refractivity contribution >= 4 is 5.91 Å². The van der Waals surface area contributed by atoms with Crippen LogP contribution in [0.15, 0.2) is 6.07 Å². The summed E-state index contributed by atoms with van der Waals surface area (Å²) in [7, 11) is 0. The van der Waals surface area contributed by atoms with Crippen molar-refractivity contribution in [3.63, 3.8) is 0 Å². The second kappa shape index (κ2) is 7.85. The Morgan fingerprint density at radius 2 is 2.16 bits per heavy atom. The molecule has 0 aromatic carbocycles. The van der Waals surface area contributed by atoms with Crippen LogP contribution in [0.25, 0.3) is 0 Å². The van der Waals surface area contributed by atoms with E-state index in [0.717, 1.165) is 90.3 Å². The maximum Gasteiger partial charge on any atom is 0.251 e. The number of rotatable bonds is 3. The standard InChI is InChI=1S/C18H29N5O2/c24-18(17-4-1-11-25-17)22-7-3-6-21(9-10-22)14-15-12-16-13-19-5-2-8-23(16)20-15/h12,17,19H,1-11,13-14H2/t17-/m0/s1. The molecule has 2 fully saturated rings. The van der Waals surface area contributed by atoms with Crippen LogP contribution in [0.1, 0.15) is 37.1 Å². The van der Waals surface area contributed by atoms with Gasteiger partial charge in [0.2, 0.25) is 0 Å². The Morgan fingerprint density at radius 1 is 1.20 bits per heavy atom. The summed E-state index contributed by atoms with van der Waals surface area (Å²) < 4.78 is 7.72. The van der Waals surface area contributed by atoms with Gasteiger partial charge in [-0.15, -0.1) is 0 Å². The van der Waals surface area contributed by atoms with Gasteiger partial charge in [0.1, 0.15) is 6.10 Å². The number of nitrogens with one attached hydrogen (secondary N) is 1. The van der Waals surface area contributed by atoms with Crippen molar-refractivity contribution in [3.05, 3.63) is 17.5 Å². The van der Waals surface area contributed by atoms with Gasteiger partial charge >= 0.3 is 0 Å². The number of carbonyl (C=O) groups is 1. The van der Waals surface area contributed by atoms with E-state index in [0.29, 0.717) is 0 Å². The minimum Gasteiger partial charge on any atom is -0.368 e. The number of hydrogen-bond donors (Lipinski definition) is 1. The molecule has 4 heterocycles. The quantitative estimate of drug-likeness (QED) is 0.867. The number of aromatic nitrogens is 2. The highest BCUT2D eigenvalue weighted by Gasteiger charge is 2.29. The average Bonchev–Trinajstić information content (AvgIpc) is 3.15. The zero-order valence-electron chi connectivity index (χ0n) is 15.0. The van der Waals surface area contributed by atoms with Crippen LogP contribution in [0.3, 0.4) is 0 Å². The van der Waals surface area contributed by atoms with E-state index in [4.69, 9.17) is 9.84 Å². The molecule has 3 aliphatic heterocycles. The first-order valence-corrected chi connectivity index (χ1v) is 9.69. The fraction of sp³-hybridized carbons (Fsp3) is 0.778. The van der Waals surface area contributed by atoms with Crippen molar-refractivity contribution in [2.24, 2.45) is 0 Å². The van der Waals surface area contributed by atoms with Crippen molar-refractivity contribution in [1.82, 2.24) is 24.9 Å². The zero-order chi connectivity index (χ0) is 17.1. The van der Waals surface area contributed by atoms with E-state index in [-0.39, 0.29) is 12.0 Å². The largest absolute Gasteiger partial charge is 0.368 e. The molecule has 7 heteroatoms. The van der Waals surface area contributed by atoms with E-state index in [1.807, 2.05) is 4.90 Å². The third kappa shape index (κ3) is 4.04. The number of fused-ring (bicyclic) bond motifs is 1. The Morgan fingerprint density at radius 3 is 3.04 bits per heavy atom. The highest BCUT2D eigenvalue weighted by atomic mass is 16.5. The van der Waals surface area contributed by atoms with E-state index >= 15 is 0 Å². The Labute approximate surface area is 149 Å². The van der Waals surface area contributed by atoms with Crippen LogP contribution in [0.5, 0.6) is 0 Å². The van der Waals surface area contributed by atoms with Gasteiger partial charge in [0, 0.05) is 52.4 Å². The first kappa shape index (κ1) is 17.0. The van der Waals surface area contributed by atoms with Crippen molar-refractivity contribution in [1.29, 1.82) is 0 Å². The highest BCUT2D eigenvalue weighted by Crippen LogP contribution is 2.17. The van der Waals surface area contributed by atoms with Crippen LogP contribution in [0.4, 0.5) is 0 Å². The molecular weight excluding hydrogens is 318 g/mol. The van der Waals surface area contributed by atoms with Gasteiger partial charge in [-0.3, -0.25) is 14.4 Å². The molecule has 0 bridgehead atoms. The summed E-state index contributed by atoms with van der Waals surface area (Å²) >= 11 is 0. The van der Waals surface area contributed by atoms with Gasteiger partial charge < -0.3 is 15.0 Å². The van der Waals surface area contributed by atoms with Gasteiger partial charge in [-0.05, 0) is 38.3 Å². The van der Waals surface area contributed by atoms with Crippen molar-refractivity contribution in [2.75, 3.05) is 39.3 Å². The third-order valence-corrected chi connectivity index (χ3v) is 5.43. The summed E-state index contributed by atoms with van der Waals surface area (Å²) in [5, 5.41) is 8.23. The van der Waals surface area contributed by atoms with Crippen LogP contribution >= 0.6 is 0 Å². The Hall–Kier alpha value is -1.44. The van der Waals surface area contributed by atoms with E-state index in [2.05, 4.69) is 21.0 Å². The van der Waals surface area contributed by atoms with Gasteiger partial charge in [-0.2, -0.15) is 5.10 Å². The van der Waals surface area contributed by atoms with Gasteiger partial charge in [0.05, 0.1) is 11.4 Å². The fourth-order valence-electron chi connectivity index (χ4n) is 4.05. The Bertz CT molecular complexity index is 573. The lowest BCUT2D eigenvalue weighted by Crippen LogP contribution is -2.41. The summed E-state index contributed by atoms with van der Waals surface area (Å²) in [5.74, 6) is 0.194. The van der Waals surface area contributed by atoms with Gasteiger partial charge in [-0.1, -0.05) is 0 Å². The molecule has 4 rings (SSSR count). The predicted molar refractivity (Wildman–Crippen MR) is 94.0 cm³/mol. The van der Waals surface area contributed by atoms with Gasteiger partial charge in [-0.25, -0.2) is 0 Å². The lowest BCUT2D eigenvalue weighted by Gasteiger charge is -2.24. The molecule has 138 valence electrons. The summed E-state index contributed by atoms with van der Waals surface area (Å²) in [6.45, 7) is 8.18. The second-order valence-corrected chi connectivity index (χ2v) is 7.34. The molecule has 3 aliphatic rings. The Balaban J connectivity index is 1.33. The molecule has 1 aromatic rings. The third-order valence-electron chi connectivity index (χ3n) is 5.43. The summed E-state index contributed by atoms with van der Waals surface area (Å²) in [6.07, 6.45) is 3.86. The molecule has 1 N–H and O–H groups in total. The van der Waals surface area contributed by atoms with Crippen LogP contribution in [-0.2, 0) is 29.2 Å². The topological polar surface area (TPSA) is 62.6 Å². The van der Waals surface area contributed by atoms with Crippen LogP contribution < -0.4 is 5.32 Å². The minimum absolute atomic E-state index is 0.192. The fourth-order valence-corrected chi connectivity index (χ4v) is 4.05. The highest BCUT2D eigenvalue weighted by molar-refractivity contribution is 5.81. The minimum atomic E-state index is -0.192. The van der Waals surface area contributed by atoms with Crippen LogP contribution in [0.2, 0.25) is 0 Å². The molecule has 25 heavy (non-hydrogen) atoms. The first-order valence-electron chi connectivity index (χ1n) is 9.69. The zero-order valence-corrected chi connectivity index (χ0v) is 15.0. The van der Waals surface area contributed by atoms with Crippen molar-refractivity contribution in [2.45, 2.75) is 51.4 Å². The summed E-state index contributed by atoms with van der Waals surface area (Å²) in [6, 6.07) is 2.23. The molecular formula is C18H29N5O2. The molecule has 2 saturated heterocycles. The van der Waals surface area contributed by atoms with Gasteiger partial charge in [0.25, 0.3) is 5.91 Å². The van der Waals surface area contributed by atoms with Crippen LogP contribution in [0, 0.1) is 0 Å². The average molecular weight is 347 g/mol. The van der Waals surface area contributed by atoms with Gasteiger partial charge in [0.15, 0.2) is 0 Å². The number of aryl methyl sites for hydroxylation is 1. The number of carbonyl (C=O) groups excluding carboxylic acids is 1. The molecule has 1 aromatic heterocycles.